The molecule has 2 aromatic carbocycles. The summed E-state index contributed by atoms with van der Waals surface area (Å²) in [7, 11) is 1.43. The van der Waals surface area contributed by atoms with Crippen LogP contribution in [0.2, 0.25) is 0 Å². The molecule has 2 aromatic rings. The average Bonchev–Trinajstić information content (AvgIpc) is 3.16. The topological polar surface area (TPSA) is 105 Å². The van der Waals surface area contributed by atoms with Crippen LogP contribution in [0.4, 0.5) is 4.79 Å². The van der Waals surface area contributed by atoms with E-state index in [0.29, 0.717) is 19.4 Å². The average molecular weight is 481 g/mol. The molecular weight excluding hydrogens is 448 g/mol. The smallest absolute Gasteiger partial charge is 0.407 e. The quantitative estimate of drug-likeness (QED) is 0.596. The van der Waals surface area contributed by atoms with Crippen molar-refractivity contribution in [1.82, 2.24) is 10.2 Å². The monoisotopic (exact) mass is 480 g/mol. The first-order valence-electron chi connectivity index (χ1n) is 12.0. The fraction of sp³-hybridized carbons (Fsp3) is 0.444. The van der Waals surface area contributed by atoms with Crippen LogP contribution in [0.3, 0.4) is 0 Å². The molecule has 0 aromatic heterocycles. The number of carbonyl (C=O) groups excluding carboxylic acids is 2. The summed E-state index contributed by atoms with van der Waals surface area (Å²) in [5, 5.41) is 12.6. The molecule has 0 spiro atoms. The third kappa shape index (κ3) is 4.89. The molecule has 2 aliphatic rings. The van der Waals surface area contributed by atoms with Crippen LogP contribution in [0.1, 0.15) is 49.7 Å². The van der Waals surface area contributed by atoms with E-state index in [1.807, 2.05) is 24.3 Å². The van der Waals surface area contributed by atoms with Crippen molar-refractivity contribution in [3.63, 3.8) is 0 Å². The van der Waals surface area contributed by atoms with Gasteiger partial charge in [-0.1, -0.05) is 48.5 Å². The van der Waals surface area contributed by atoms with Gasteiger partial charge in [-0.15, -0.1) is 0 Å². The number of piperidine rings is 1. The number of carbonyl (C=O) groups is 3. The van der Waals surface area contributed by atoms with E-state index in [-0.39, 0.29) is 31.5 Å². The van der Waals surface area contributed by atoms with Gasteiger partial charge < -0.3 is 24.8 Å². The van der Waals surface area contributed by atoms with Crippen molar-refractivity contribution in [3.8, 4) is 11.1 Å². The lowest BCUT2D eigenvalue weighted by molar-refractivity contribution is -0.167. The highest BCUT2D eigenvalue weighted by molar-refractivity contribution is 5.88. The standard InChI is InChI=1S/C27H32N2O6/c1-18(15-24(30)29-14-8-7-13-27(29,17-34-2)25(31)32)28-26(33)35-16-23-21-11-5-3-9-19(21)20-10-4-6-12-22(20)23/h3-6,9-12,18,23H,7-8,13-17H2,1-2H3,(H,28,33)(H,31,32)/t18-,27?/m1/s1. The Labute approximate surface area is 205 Å². The van der Waals surface area contributed by atoms with Crippen molar-refractivity contribution in [3.05, 3.63) is 59.7 Å². The zero-order valence-corrected chi connectivity index (χ0v) is 20.2. The Morgan fingerprint density at radius 1 is 1.09 bits per heavy atom. The highest BCUT2D eigenvalue weighted by Gasteiger charge is 2.48. The number of fused-ring (bicyclic) bond motifs is 3. The summed E-state index contributed by atoms with van der Waals surface area (Å²) in [5.41, 5.74) is 3.18. The second kappa shape index (κ2) is 10.5. The number of rotatable bonds is 8. The van der Waals surface area contributed by atoms with Gasteiger partial charge in [-0.05, 0) is 48.4 Å². The van der Waals surface area contributed by atoms with Gasteiger partial charge in [-0.25, -0.2) is 9.59 Å². The first-order chi connectivity index (χ1) is 16.9. The molecule has 1 fully saturated rings. The third-order valence-electron chi connectivity index (χ3n) is 7.01. The summed E-state index contributed by atoms with van der Waals surface area (Å²) in [6.45, 7) is 2.18. The maximum Gasteiger partial charge on any atom is 0.407 e. The second-order valence-electron chi connectivity index (χ2n) is 9.35. The lowest BCUT2D eigenvalue weighted by Gasteiger charge is -2.44. The van der Waals surface area contributed by atoms with Crippen LogP contribution in [0.5, 0.6) is 0 Å². The van der Waals surface area contributed by atoms with E-state index in [0.717, 1.165) is 28.7 Å². The van der Waals surface area contributed by atoms with Crippen LogP contribution < -0.4 is 5.32 Å². The maximum absolute atomic E-state index is 13.0. The minimum absolute atomic E-state index is 0.0249. The van der Waals surface area contributed by atoms with Crippen LogP contribution in [-0.2, 0) is 19.1 Å². The first kappa shape index (κ1) is 24.7. The van der Waals surface area contributed by atoms with Crippen LogP contribution in [-0.4, -0.2) is 66.4 Å². The van der Waals surface area contributed by atoms with Crippen molar-refractivity contribution in [2.24, 2.45) is 0 Å². The Hall–Kier alpha value is -3.39. The number of carboxylic acids is 1. The molecule has 0 radical (unpaired) electrons. The van der Waals surface area contributed by atoms with Crippen molar-refractivity contribution in [2.75, 3.05) is 26.9 Å². The predicted molar refractivity (Wildman–Crippen MR) is 130 cm³/mol. The molecule has 1 unspecified atom stereocenters. The zero-order valence-electron chi connectivity index (χ0n) is 20.2. The summed E-state index contributed by atoms with van der Waals surface area (Å²) in [4.78, 5) is 39.1. The molecule has 1 heterocycles. The molecule has 8 heteroatoms. The van der Waals surface area contributed by atoms with E-state index in [9.17, 15) is 19.5 Å². The summed E-state index contributed by atoms with van der Waals surface area (Å²) in [6.07, 6.45) is 1.16. The molecular formula is C27H32N2O6. The Balaban J connectivity index is 1.35. The van der Waals surface area contributed by atoms with Gasteiger partial charge in [0.05, 0.1) is 6.61 Å². The predicted octanol–water partition coefficient (Wildman–Crippen LogP) is 3.79. The number of amides is 2. The number of alkyl carbamates (subject to hydrolysis) is 1. The molecule has 8 nitrogen and oxygen atoms in total. The molecule has 1 aliphatic heterocycles. The van der Waals surface area contributed by atoms with Gasteiger partial charge in [0.25, 0.3) is 0 Å². The van der Waals surface area contributed by atoms with Gasteiger partial charge >= 0.3 is 12.1 Å². The molecule has 1 aliphatic carbocycles. The molecule has 0 saturated carbocycles. The number of aliphatic carboxylic acids is 1. The van der Waals surface area contributed by atoms with Crippen molar-refractivity contribution < 1.29 is 29.0 Å². The number of hydrogen-bond acceptors (Lipinski definition) is 5. The number of carboxylic acid groups (broad SMARTS) is 1. The minimum Gasteiger partial charge on any atom is -0.479 e. The van der Waals surface area contributed by atoms with Gasteiger partial charge in [-0.2, -0.15) is 0 Å². The van der Waals surface area contributed by atoms with Crippen LogP contribution in [0.25, 0.3) is 11.1 Å². The first-order valence-corrected chi connectivity index (χ1v) is 12.0. The highest BCUT2D eigenvalue weighted by atomic mass is 16.5. The van der Waals surface area contributed by atoms with Crippen LogP contribution >= 0.6 is 0 Å². The molecule has 4 rings (SSSR count). The van der Waals surface area contributed by atoms with Crippen molar-refractivity contribution >= 4 is 18.0 Å². The molecule has 2 amide bonds. The number of benzene rings is 2. The summed E-state index contributed by atoms with van der Waals surface area (Å²) in [6, 6.07) is 15.7. The lowest BCUT2D eigenvalue weighted by Crippen LogP contribution is -2.62. The Bertz CT molecular complexity index is 1050. The zero-order chi connectivity index (χ0) is 25.0. The fourth-order valence-corrected chi connectivity index (χ4v) is 5.34. The van der Waals surface area contributed by atoms with E-state index in [1.54, 1.807) is 6.92 Å². The fourth-order valence-electron chi connectivity index (χ4n) is 5.34. The Kier molecular flexibility index (Phi) is 7.40. The summed E-state index contributed by atoms with van der Waals surface area (Å²) < 4.78 is 10.7. The van der Waals surface area contributed by atoms with E-state index in [4.69, 9.17) is 9.47 Å². The van der Waals surface area contributed by atoms with Crippen molar-refractivity contribution in [2.45, 2.75) is 50.1 Å². The molecule has 0 bridgehead atoms. The van der Waals surface area contributed by atoms with E-state index in [2.05, 4.69) is 29.6 Å². The SMILES string of the molecule is COCC1(C(=O)O)CCCCN1C(=O)C[C@@H](C)NC(=O)OCC1c2ccccc2-c2ccccc21. The largest absolute Gasteiger partial charge is 0.479 e. The van der Waals surface area contributed by atoms with Gasteiger partial charge in [0.2, 0.25) is 5.91 Å². The van der Waals surface area contributed by atoms with E-state index >= 15 is 0 Å². The molecule has 2 atom stereocenters. The molecule has 35 heavy (non-hydrogen) atoms. The summed E-state index contributed by atoms with van der Waals surface area (Å²) in [5.74, 6) is -1.44. The second-order valence-corrected chi connectivity index (χ2v) is 9.35. The van der Waals surface area contributed by atoms with Gasteiger partial charge in [0, 0.05) is 32.0 Å². The highest BCUT2D eigenvalue weighted by Crippen LogP contribution is 2.44. The lowest BCUT2D eigenvalue weighted by atomic mass is 9.86. The maximum atomic E-state index is 13.0. The number of hydrogen-bond donors (Lipinski definition) is 2. The van der Waals surface area contributed by atoms with Crippen LogP contribution in [0.15, 0.2) is 48.5 Å². The summed E-state index contributed by atoms with van der Waals surface area (Å²) >= 11 is 0. The number of methoxy groups -OCH3 is 1. The van der Waals surface area contributed by atoms with E-state index < -0.39 is 23.6 Å². The van der Waals surface area contributed by atoms with Crippen molar-refractivity contribution in [1.29, 1.82) is 0 Å². The number of nitrogens with zero attached hydrogens (tertiary/aromatic N) is 1. The number of likely N-dealkylation sites (tertiary alicyclic amines) is 1. The van der Waals surface area contributed by atoms with Crippen LogP contribution in [0, 0.1) is 0 Å². The number of nitrogens with one attached hydrogen (secondary N) is 1. The minimum atomic E-state index is -1.37. The Morgan fingerprint density at radius 3 is 2.31 bits per heavy atom. The Morgan fingerprint density at radius 2 is 1.71 bits per heavy atom. The van der Waals surface area contributed by atoms with Gasteiger partial charge in [0.15, 0.2) is 5.54 Å². The molecule has 1 saturated heterocycles. The normalized spacial score (nSPS) is 20.0. The molecule has 2 N–H and O–H groups in total. The van der Waals surface area contributed by atoms with Gasteiger partial charge in [-0.3, -0.25) is 4.79 Å². The molecule has 186 valence electrons. The van der Waals surface area contributed by atoms with E-state index in [1.165, 1.54) is 12.0 Å². The third-order valence-corrected chi connectivity index (χ3v) is 7.01. The van der Waals surface area contributed by atoms with Gasteiger partial charge in [0.1, 0.15) is 6.61 Å². The number of ether oxygens (including phenoxy) is 2.